The van der Waals surface area contributed by atoms with E-state index in [1.807, 2.05) is 4.90 Å². The maximum atomic E-state index is 11.3. The zero-order chi connectivity index (χ0) is 7.84. The highest BCUT2D eigenvalue weighted by Crippen LogP contribution is 2.28. The number of hydrogen-bond acceptors (Lipinski definition) is 1. The molecule has 11 heavy (non-hydrogen) atoms. The molecule has 0 spiro atoms. The van der Waals surface area contributed by atoms with Crippen molar-refractivity contribution in [3.05, 3.63) is 23.9 Å². The molecule has 0 aromatic heterocycles. The summed E-state index contributed by atoms with van der Waals surface area (Å²) in [5, 5.41) is 0. The highest BCUT2D eigenvalue weighted by molar-refractivity contribution is 5.83. The van der Waals surface area contributed by atoms with Gasteiger partial charge in [-0.15, -0.1) is 0 Å². The van der Waals surface area contributed by atoms with Crippen LogP contribution in [-0.2, 0) is 4.79 Å². The minimum Gasteiger partial charge on any atom is -0.316 e. The van der Waals surface area contributed by atoms with Gasteiger partial charge < -0.3 is 4.90 Å². The fraction of sp³-hybridized carbons (Fsp3) is 0.444. The van der Waals surface area contributed by atoms with Crippen molar-refractivity contribution in [2.45, 2.75) is 19.3 Å². The summed E-state index contributed by atoms with van der Waals surface area (Å²) >= 11 is 0. The second kappa shape index (κ2) is 2.22. The van der Waals surface area contributed by atoms with Crippen molar-refractivity contribution in [3.8, 4) is 0 Å². The Kier molecular flexibility index (Phi) is 1.34. The molecule has 2 heterocycles. The van der Waals surface area contributed by atoms with Gasteiger partial charge in [0.05, 0.1) is 6.42 Å². The van der Waals surface area contributed by atoms with Crippen molar-refractivity contribution in [2.24, 2.45) is 0 Å². The first-order valence-electron chi connectivity index (χ1n) is 3.96. The van der Waals surface area contributed by atoms with Crippen molar-refractivity contribution in [1.29, 1.82) is 0 Å². The summed E-state index contributed by atoms with van der Waals surface area (Å²) in [6.45, 7) is 4.72. The SMILES string of the molecule is C=C1C=C2CCCN2C(=O)C1. The van der Waals surface area contributed by atoms with Crippen molar-refractivity contribution < 1.29 is 4.79 Å². The first kappa shape index (κ1) is 6.65. The Hall–Kier alpha value is -1.05. The van der Waals surface area contributed by atoms with E-state index in [-0.39, 0.29) is 5.91 Å². The molecule has 2 aliphatic rings. The van der Waals surface area contributed by atoms with Gasteiger partial charge in [0.15, 0.2) is 0 Å². The molecule has 2 nitrogen and oxygen atoms in total. The van der Waals surface area contributed by atoms with E-state index in [0.29, 0.717) is 6.42 Å². The summed E-state index contributed by atoms with van der Waals surface area (Å²) in [7, 11) is 0. The Balaban J connectivity index is 2.34. The smallest absolute Gasteiger partial charge is 0.231 e. The number of amides is 1. The molecule has 0 radical (unpaired) electrons. The third-order valence-corrected chi connectivity index (χ3v) is 2.21. The van der Waals surface area contributed by atoms with Crippen LogP contribution in [0.4, 0.5) is 0 Å². The quantitative estimate of drug-likeness (QED) is 0.510. The molecular formula is C9H11NO. The number of hydrogen-bond donors (Lipinski definition) is 0. The monoisotopic (exact) mass is 149 g/mol. The van der Waals surface area contributed by atoms with Crippen molar-refractivity contribution >= 4 is 5.91 Å². The molecule has 0 aliphatic carbocycles. The molecule has 0 N–H and O–H groups in total. The fourth-order valence-corrected chi connectivity index (χ4v) is 1.71. The number of rotatable bonds is 0. The molecule has 2 heteroatoms. The van der Waals surface area contributed by atoms with Gasteiger partial charge in [0.25, 0.3) is 0 Å². The summed E-state index contributed by atoms with van der Waals surface area (Å²) in [5.41, 5.74) is 2.13. The summed E-state index contributed by atoms with van der Waals surface area (Å²) in [4.78, 5) is 13.2. The Morgan fingerprint density at radius 2 is 2.36 bits per heavy atom. The van der Waals surface area contributed by atoms with E-state index in [4.69, 9.17) is 0 Å². The zero-order valence-corrected chi connectivity index (χ0v) is 6.47. The molecule has 0 saturated carbocycles. The summed E-state index contributed by atoms with van der Waals surface area (Å²) in [6, 6.07) is 0. The van der Waals surface area contributed by atoms with E-state index >= 15 is 0 Å². The Morgan fingerprint density at radius 1 is 1.55 bits per heavy atom. The Labute approximate surface area is 66.2 Å². The lowest BCUT2D eigenvalue weighted by molar-refractivity contribution is -0.128. The highest BCUT2D eigenvalue weighted by Gasteiger charge is 2.26. The van der Waals surface area contributed by atoms with Gasteiger partial charge in [-0.05, 0) is 24.5 Å². The third kappa shape index (κ3) is 0.985. The molecule has 1 amide bonds. The fourth-order valence-electron chi connectivity index (χ4n) is 1.71. The van der Waals surface area contributed by atoms with Crippen LogP contribution in [-0.4, -0.2) is 17.4 Å². The predicted molar refractivity (Wildman–Crippen MR) is 42.8 cm³/mol. The molecular weight excluding hydrogens is 138 g/mol. The second-order valence-corrected chi connectivity index (χ2v) is 3.12. The van der Waals surface area contributed by atoms with E-state index < -0.39 is 0 Å². The minimum atomic E-state index is 0.227. The molecule has 0 aromatic rings. The van der Waals surface area contributed by atoms with Crippen molar-refractivity contribution in [2.75, 3.05) is 6.54 Å². The maximum Gasteiger partial charge on any atom is 0.231 e. The van der Waals surface area contributed by atoms with Gasteiger partial charge in [-0.2, -0.15) is 0 Å². The van der Waals surface area contributed by atoms with E-state index in [1.165, 1.54) is 5.70 Å². The van der Waals surface area contributed by atoms with E-state index in [1.54, 1.807) is 0 Å². The third-order valence-electron chi connectivity index (χ3n) is 2.21. The largest absolute Gasteiger partial charge is 0.316 e. The van der Waals surface area contributed by atoms with E-state index in [2.05, 4.69) is 12.7 Å². The minimum absolute atomic E-state index is 0.227. The highest BCUT2D eigenvalue weighted by atomic mass is 16.2. The van der Waals surface area contributed by atoms with Crippen molar-refractivity contribution in [1.82, 2.24) is 4.90 Å². The van der Waals surface area contributed by atoms with Crippen LogP contribution in [0.1, 0.15) is 19.3 Å². The summed E-state index contributed by atoms with van der Waals surface area (Å²) < 4.78 is 0. The average Bonchev–Trinajstić information content (AvgIpc) is 2.34. The summed E-state index contributed by atoms with van der Waals surface area (Å²) in [5.74, 6) is 0.227. The lowest BCUT2D eigenvalue weighted by Gasteiger charge is -2.22. The number of carbonyl (C=O) groups is 1. The molecule has 0 unspecified atom stereocenters. The predicted octanol–water partition coefficient (Wildman–Crippen LogP) is 1.45. The first-order chi connectivity index (χ1) is 5.27. The molecule has 0 aromatic carbocycles. The lowest BCUT2D eigenvalue weighted by Crippen LogP contribution is -2.29. The Morgan fingerprint density at radius 3 is 3.18 bits per heavy atom. The molecule has 2 rings (SSSR count). The number of carbonyl (C=O) groups excluding carboxylic acids is 1. The lowest BCUT2D eigenvalue weighted by atomic mass is 10.1. The van der Waals surface area contributed by atoms with Gasteiger partial charge in [0, 0.05) is 12.2 Å². The zero-order valence-electron chi connectivity index (χ0n) is 6.47. The second-order valence-electron chi connectivity index (χ2n) is 3.12. The van der Waals surface area contributed by atoms with Crippen LogP contribution in [0.3, 0.4) is 0 Å². The van der Waals surface area contributed by atoms with Crippen LogP contribution in [0, 0.1) is 0 Å². The molecule has 2 aliphatic heterocycles. The van der Waals surface area contributed by atoms with Crippen LogP contribution in [0.5, 0.6) is 0 Å². The van der Waals surface area contributed by atoms with Gasteiger partial charge in [-0.1, -0.05) is 6.58 Å². The first-order valence-corrected chi connectivity index (χ1v) is 3.96. The maximum absolute atomic E-state index is 11.3. The number of allylic oxidation sites excluding steroid dienone is 2. The normalized spacial score (nSPS) is 23.6. The van der Waals surface area contributed by atoms with E-state index in [9.17, 15) is 4.79 Å². The van der Waals surface area contributed by atoms with Gasteiger partial charge in [0.2, 0.25) is 5.91 Å². The average molecular weight is 149 g/mol. The van der Waals surface area contributed by atoms with Crippen LogP contribution in [0.15, 0.2) is 23.9 Å². The van der Waals surface area contributed by atoms with Gasteiger partial charge in [-0.25, -0.2) is 0 Å². The molecule has 0 bridgehead atoms. The van der Waals surface area contributed by atoms with Gasteiger partial charge >= 0.3 is 0 Å². The summed E-state index contributed by atoms with van der Waals surface area (Å²) in [6.07, 6.45) is 4.73. The van der Waals surface area contributed by atoms with Crippen LogP contribution < -0.4 is 0 Å². The number of nitrogens with zero attached hydrogens (tertiary/aromatic N) is 1. The topological polar surface area (TPSA) is 20.3 Å². The van der Waals surface area contributed by atoms with Crippen molar-refractivity contribution in [3.63, 3.8) is 0 Å². The van der Waals surface area contributed by atoms with Crippen LogP contribution in [0.25, 0.3) is 0 Å². The molecule has 1 saturated heterocycles. The Bertz CT molecular complexity index is 252. The molecule has 1 fully saturated rings. The van der Waals surface area contributed by atoms with Gasteiger partial charge in [0.1, 0.15) is 0 Å². The van der Waals surface area contributed by atoms with Crippen LogP contribution >= 0.6 is 0 Å². The van der Waals surface area contributed by atoms with E-state index in [0.717, 1.165) is 25.0 Å². The standard InChI is InChI=1S/C9H11NO/c1-7-5-8-3-2-4-10(8)9(11)6-7/h5H,1-4,6H2. The molecule has 0 atom stereocenters. The molecule has 58 valence electrons. The van der Waals surface area contributed by atoms with Gasteiger partial charge in [-0.3, -0.25) is 4.79 Å². The van der Waals surface area contributed by atoms with Crippen LogP contribution in [0.2, 0.25) is 0 Å². The number of fused-ring (bicyclic) bond motifs is 1.